The average molecular weight is 206 g/mol. The molecule has 0 bridgehead atoms. The molecule has 0 aliphatic carbocycles. The lowest BCUT2D eigenvalue weighted by atomic mass is 10.3. The van der Waals surface area contributed by atoms with Gasteiger partial charge in [0.25, 0.3) is 0 Å². The highest BCUT2D eigenvalue weighted by molar-refractivity contribution is 5.93. The molecule has 0 amide bonds. The number of methoxy groups -OCH3 is 1. The molecule has 0 unspecified atom stereocenters. The van der Waals surface area contributed by atoms with Gasteiger partial charge in [-0.25, -0.2) is 0 Å². The lowest BCUT2D eigenvalue weighted by Crippen LogP contribution is -2.05. The summed E-state index contributed by atoms with van der Waals surface area (Å²) in [6.07, 6.45) is 0.760. The fraction of sp³-hybridized carbons (Fsp3) is 0.750. The molecule has 0 saturated carbocycles. The summed E-state index contributed by atoms with van der Waals surface area (Å²) in [6, 6.07) is 0. The van der Waals surface area contributed by atoms with E-state index in [4.69, 9.17) is 5.11 Å². The minimum atomic E-state index is -0.475. The van der Waals surface area contributed by atoms with Crippen molar-refractivity contribution in [1.29, 1.82) is 0 Å². The minimum Gasteiger partial charge on any atom is -0.469 e. The first-order valence-corrected chi connectivity index (χ1v) is 3.75. The quantitative estimate of drug-likeness (QED) is 0.378. The van der Waals surface area contributed by atoms with Crippen molar-refractivity contribution >= 4 is 29.1 Å². The molecule has 4 nitrogen and oxygen atoms in total. The second-order valence-electron chi connectivity index (χ2n) is 2.18. The number of hydrogen-bond donors (Lipinski definition) is 1. The summed E-state index contributed by atoms with van der Waals surface area (Å²) in [5.74, 6) is -0.644. The van der Waals surface area contributed by atoms with E-state index in [-0.39, 0.29) is 29.6 Å². The molecule has 5 heteroatoms. The highest BCUT2D eigenvalue weighted by Crippen LogP contribution is 1.83. The molecular weight excluding hydrogens is 187 g/mol. The Hall–Kier alpha value is -0.368. The van der Waals surface area contributed by atoms with Crippen molar-refractivity contribution in [1.82, 2.24) is 0 Å². The molecule has 0 spiro atoms. The monoisotopic (exact) mass is 206 g/mol. The van der Waals surface area contributed by atoms with E-state index in [0.29, 0.717) is 6.61 Å². The fourth-order valence-corrected chi connectivity index (χ4v) is 0.275. The molecule has 0 aromatic heterocycles. The molecule has 0 aliphatic heterocycles. The maximum atomic E-state index is 10.2. The van der Waals surface area contributed by atoms with Crippen LogP contribution in [0.3, 0.4) is 0 Å². The Morgan fingerprint density at radius 1 is 1.38 bits per heavy atom. The van der Waals surface area contributed by atoms with Gasteiger partial charge in [0.1, 0.15) is 12.2 Å². The number of carbonyl (C=O) groups excluding carboxylic acids is 2. The van der Waals surface area contributed by atoms with Crippen molar-refractivity contribution in [2.75, 3.05) is 13.7 Å². The summed E-state index contributed by atoms with van der Waals surface area (Å²) in [4.78, 5) is 20.3. The zero-order valence-electron chi connectivity index (χ0n) is 7.79. The summed E-state index contributed by atoms with van der Waals surface area (Å²) < 4.78 is 4.20. The summed E-state index contributed by atoms with van der Waals surface area (Å²) in [5.41, 5.74) is 0. The Morgan fingerprint density at radius 3 is 1.85 bits per heavy atom. The van der Waals surface area contributed by atoms with Crippen molar-refractivity contribution in [3.05, 3.63) is 0 Å². The van der Waals surface area contributed by atoms with Gasteiger partial charge in [-0.05, 0) is 13.3 Å². The number of aliphatic hydroxyl groups excluding tert-OH is 1. The van der Waals surface area contributed by atoms with Crippen LogP contribution in [0.15, 0.2) is 0 Å². The van der Waals surface area contributed by atoms with Crippen molar-refractivity contribution in [2.45, 2.75) is 26.7 Å². The van der Waals surface area contributed by atoms with Gasteiger partial charge in [0, 0.05) is 6.61 Å². The van der Waals surface area contributed by atoms with Crippen LogP contribution in [-0.2, 0) is 14.3 Å². The van der Waals surface area contributed by atoms with E-state index < -0.39 is 5.97 Å². The van der Waals surface area contributed by atoms with Gasteiger partial charge in [0.2, 0.25) is 0 Å². The van der Waals surface area contributed by atoms with Crippen LogP contribution in [0, 0.1) is 0 Å². The summed E-state index contributed by atoms with van der Waals surface area (Å²) in [7, 11) is 1.26. The molecule has 13 heavy (non-hydrogen) atoms. The maximum absolute atomic E-state index is 10.2. The molecule has 0 saturated heterocycles. The van der Waals surface area contributed by atoms with E-state index >= 15 is 0 Å². The molecule has 0 heterocycles. The van der Waals surface area contributed by atoms with Crippen molar-refractivity contribution in [2.24, 2.45) is 0 Å². The second kappa shape index (κ2) is 14.2. The van der Waals surface area contributed by atoms with Crippen LogP contribution >= 0.6 is 0 Å². The third kappa shape index (κ3) is 24.5. The van der Waals surface area contributed by atoms with E-state index in [9.17, 15) is 9.59 Å². The Labute approximate surface area is 89.4 Å². The van der Waals surface area contributed by atoms with Crippen LogP contribution in [-0.4, -0.2) is 47.9 Å². The molecule has 0 rings (SSSR count). The number of esters is 1. The Morgan fingerprint density at radius 2 is 1.77 bits per heavy atom. The number of ether oxygens (including phenoxy) is 1. The molecule has 1 N–H and O–H groups in total. The molecule has 0 aromatic rings. The number of aliphatic hydroxyl groups is 1. The predicted molar refractivity (Wildman–Crippen MR) is 54.6 cm³/mol. The summed E-state index contributed by atoms with van der Waals surface area (Å²) in [6.45, 7) is 3.59. The molecular formula is C8H19AlO4. The van der Waals surface area contributed by atoms with Crippen LogP contribution < -0.4 is 0 Å². The third-order valence-electron chi connectivity index (χ3n) is 0.845. The van der Waals surface area contributed by atoms with Crippen molar-refractivity contribution in [3.63, 3.8) is 0 Å². The Kier molecular flexibility index (Phi) is 20.1. The number of rotatable bonds is 3. The van der Waals surface area contributed by atoms with Gasteiger partial charge >= 0.3 is 5.97 Å². The van der Waals surface area contributed by atoms with Crippen LogP contribution in [0.1, 0.15) is 26.7 Å². The number of hydrogen-bond acceptors (Lipinski definition) is 4. The molecule has 0 fully saturated rings. The average Bonchev–Trinajstić information content (AvgIpc) is 2.04. The zero-order chi connectivity index (χ0) is 9.98. The number of ketones is 1. The molecule has 0 atom stereocenters. The highest BCUT2D eigenvalue weighted by Gasteiger charge is 2.01. The highest BCUT2D eigenvalue weighted by atomic mass is 27.0. The van der Waals surface area contributed by atoms with E-state index in [1.54, 1.807) is 0 Å². The number of Topliss-reactive ketones (excluding diaryl/α,β-unsaturated/α-hetero) is 1. The number of carbonyl (C=O) groups is 2. The summed E-state index contributed by atoms with van der Waals surface area (Å²) in [5, 5.41) is 7.88. The van der Waals surface area contributed by atoms with Crippen LogP contribution in [0.5, 0.6) is 0 Å². The van der Waals surface area contributed by atoms with Crippen LogP contribution in [0.25, 0.3) is 0 Å². The first kappa shape index (κ1) is 18.4. The lowest BCUT2D eigenvalue weighted by molar-refractivity contribution is -0.142. The predicted octanol–water partition coefficient (Wildman–Crippen LogP) is -0.657. The first-order valence-electron chi connectivity index (χ1n) is 3.75. The van der Waals surface area contributed by atoms with E-state index in [2.05, 4.69) is 4.74 Å². The first-order chi connectivity index (χ1) is 5.58. The van der Waals surface area contributed by atoms with E-state index in [1.165, 1.54) is 14.0 Å². The van der Waals surface area contributed by atoms with Crippen LogP contribution in [0.4, 0.5) is 0 Å². The van der Waals surface area contributed by atoms with Gasteiger partial charge < -0.3 is 9.84 Å². The minimum absolute atomic E-state index is 0. The van der Waals surface area contributed by atoms with Gasteiger partial charge in [-0.15, -0.1) is 0 Å². The zero-order valence-corrected chi connectivity index (χ0v) is 7.79. The fourth-order valence-electron chi connectivity index (χ4n) is 0.275. The largest absolute Gasteiger partial charge is 0.469 e. The lowest BCUT2D eigenvalue weighted by Gasteiger charge is -1.90. The van der Waals surface area contributed by atoms with E-state index in [1.807, 2.05) is 6.92 Å². The topological polar surface area (TPSA) is 63.6 Å². The SMILES string of the molecule is CCCO.COC(=O)CC(C)=O.[AlH3]. The Balaban J connectivity index is -0.000000173. The van der Waals surface area contributed by atoms with Gasteiger partial charge in [-0.1, -0.05) is 6.92 Å². The molecule has 0 aromatic carbocycles. The van der Waals surface area contributed by atoms with Gasteiger partial charge in [0.05, 0.1) is 7.11 Å². The molecule has 0 aliphatic rings. The smallest absolute Gasteiger partial charge is 0.313 e. The molecule has 78 valence electrons. The van der Waals surface area contributed by atoms with Crippen molar-refractivity contribution < 1.29 is 19.4 Å². The normalized spacial score (nSPS) is 7.38. The Bertz CT molecular complexity index is 134. The maximum Gasteiger partial charge on any atom is 0.313 e. The molecule has 0 radical (unpaired) electrons. The van der Waals surface area contributed by atoms with Crippen LogP contribution in [0.2, 0.25) is 0 Å². The van der Waals surface area contributed by atoms with E-state index in [0.717, 1.165) is 6.42 Å². The van der Waals surface area contributed by atoms with Gasteiger partial charge in [-0.2, -0.15) is 0 Å². The van der Waals surface area contributed by atoms with Gasteiger partial charge in [-0.3, -0.25) is 9.59 Å². The van der Waals surface area contributed by atoms with Gasteiger partial charge in [0.15, 0.2) is 17.4 Å². The third-order valence-corrected chi connectivity index (χ3v) is 0.845. The second-order valence-corrected chi connectivity index (χ2v) is 2.18. The van der Waals surface area contributed by atoms with Crippen molar-refractivity contribution in [3.8, 4) is 0 Å². The summed E-state index contributed by atoms with van der Waals surface area (Å²) >= 11 is 0. The standard InChI is InChI=1S/C5H8O3.C3H8O.Al.3H/c1-4(6)3-5(7)8-2;1-2-3-4;;;;/h3H2,1-2H3;4H,2-3H2,1H3;;;;.